The van der Waals surface area contributed by atoms with E-state index in [2.05, 4.69) is 0 Å². The lowest BCUT2D eigenvalue weighted by Crippen LogP contribution is -2.00. The molecule has 1 fully saturated rings. The van der Waals surface area contributed by atoms with Crippen LogP contribution in [0.2, 0.25) is 0 Å². The molecule has 0 saturated heterocycles. The average Bonchev–Trinajstić information content (AvgIpc) is 2.30. The molecule has 0 unspecified atom stereocenters. The second-order valence-electron chi connectivity index (χ2n) is 3.45. The van der Waals surface area contributed by atoms with Crippen molar-refractivity contribution in [1.29, 1.82) is 0 Å². The van der Waals surface area contributed by atoms with Crippen LogP contribution in [-0.4, -0.2) is 11.1 Å². The van der Waals surface area contributed by atoms with Gasteiger partial charge in [-0.15, -0.1) is 0 Å². The predicted octanol–water partition coefficient (Wildman–Crippen LogP) is 2.74. The predicted molar refractivity (Wildman–Crippen MR) is 48.0 cm³/mol. The fraction of sp³-hybridized carbons (Fsp3) is 0.700. The van der Waals surface area contributed by atoms with Crippen LogP contribution in [0.4, 0.5) is 0 Å². The largest absolute Gasteiger partial charge is 0.478 e. The van der Waals surface area contributed by atoms with Crippen LogP contribution < -0.4 is 0 Å². The molecule has 0 radical (unpaired) electrons. The molecule has 0 amide bonds. The zero-order valence-corrected chi connectivity index (χ0v) is 7.60. The highest BCUT2D eigenvalue weighted by atomic mass is 16.4. The van der Waals surface area contributed by atoms with Gasteiger partial charge in [-0.2, -0.15) is 0 Å². The van der Waals surface area contributed by atoms with Crippen molar-refractivity contribution in [2.24, 2.45) is 0 Å². The smallest absolute Gasteiger partial charge is 0.331 e. The summed E-state index contributed by atoms with van der Waals surface area (Å²) in [5.41, 5.74) is 1.75. The highest BCUT2D eigenvalue weighted by Gasteiger charge is 2.11. The molecular formula is C10H16O2. The van der Waals surface area contributed by atoms with Crippen LogP contribution in [0.25, 0.3) is 0 Å². The Hall–Kier alpha value is -0.790. The Morgan fingerprint density at radius 3 is 2.08 bits per heavy atom. The fourth-order valence-corrected chi connectivity index (χ4v) is 1.68. The van der Waals surface area contributed by atoms with Crippen LogP contribution in [0.15, 0.2) is 11.1 Å². The topological polar surface area (TPSA) is 37.3 Å². The summed E-state index contributed by atoms with van der Waals surface area (Å²) in [5.74, 6) is -0.744. The van der Waals surface area contributed by atoms with Gasteiger partial charge in [0.25, 0.3) is 0 Å². The minimum Gasteiger partial charge on any atom is -0.478 e. The Kier molecular flexibility index (Phi) is 3.32. The number of hydrogen-bond donors (Lipinski definition) is 1. The first-order valence-electron chi connectivity index (χ1n) is 4.63. The number of carbonyl (C=O) groups is 1. The Morgan fingerprint density at radius 2 is 1.67 bits per heavy atom. The molecule has 68 valence electrons. The summed E-state index contributed by atoms with van der Waals surface area (Å²) in [5, 5.41) is 8.77. The number of allylic oxidation sites excluding steroid dienone is 1. The van der Waals surface area contributed by atoms with Crippen molar-refractivity contribution in [3.8, 4) is 0 Å². The minimum atomic E-state index is -0.744. The molecule has 0 heterocycles. The summed E-state index contributed by atoms with van der Waals surface area (Å²) in [7, 11) is 0. The van der Waals surface area contributed by atoms with Gasteiger partial charge in [0.1, 0.15) is 0 Å². The van der Waals surface area contributed by atoms with E-state index in [1.807, 2.05) is 0 Å². The summed E-state index contributed by atoms with van der Waals surface area (Å²) >= 11 is 0. The lowest BCUT2D eigenvalue weighted by atomic mass is 10.0. The van der Waals surface area contributed by atoms with Gasteiger partial charge in [-0.3, -0.25) is 0 Å². The molecule has 0 aromatic rings. The van der Waals surface area contributed by atoms with Gasteiger partial charge in [-0.05, 0) is 32.6 Å². The maximum atomic E-state index is 10.7. The highest BCUT2D eigenvalue weighted by Crippen LogP contribution is 2.24. The summed E-state index contributed by atoms with van der Waals surface area (Å²) in [6, 6.07) is 0. The molecule has 0 aromatic heterocycles. The Morgan fingerprint density at radius 1 is 1.17 bits per heavy atom. The Labute approximate surface area is 73.3 Å². The van der Waals surface area contributed by atoms with Crippen molar-refractivity contribution < 1.29 is 9.90 Å². The molecule has 0 spiro atoms. The zero-order valence-electron chi connectivity index (χ0n) is 7.60. The zero-order chi connectivity index (χ0) is 8.97. The Balaban J connectivity index is 2.69. The third kappa shape index (κ3) is 2.36. The Bertz CT molecular complexity index is 194. The van der Waals surface area contributed by atoms with Crippen molar-refractivity contribution in [3.63, 3.8) is 0 Å². The van der Waals surface area contributed by atoms with E-state index in [0.717, 1.165) is 12.8 Å². The van der Waals surface area contributed by atoms with E-state index in [4.69, 9.17) is 5.11 Å². The number of hydrogen-bond acceptors (Lipinski definition) is 1. The molecular weight excluding hydrogens is 152 g/mol. The molecule has 0 aromatic carbocycles. The molecule has 0 bridgehead atoms. The van der Waals surface area contributed by atoms with Crippen LogP contribution in [0, 0.1) is 0 Å². The van der Waals surface area contributed by atoms with Crippen molar-refractivity contribution in [2.75, 3.05) is 0 Å². The van der Waals surface area contributed by atoms with Gasteiger partial charge in [-0.1, -0.05) is 18.4 Å². The van der Waals surface area contributed by atoms with Gasteiger partial charge in [-0.25, -0.2) is 4.79 Å². The fourth-order valence-electron chi connectivity index (χ4n) is 1.68. The standard InChI is InChI=1S/C10H16O2/c1-8(10(11)12)9-6-4-2-3-5-7-9/h2-7H2,1H3,(H,11,12). The van der Waals surface area contributed by atoms with E-state index >= 15 is 0 Å². The van der Waals surface area contributed by atoms with Gasteiger partial charge < -0.3 is 5.11 Å². The SMILES string of the molecule is CC(C(=O)O)=C1CCCCCC1. The van der Waals surface area contributed by atoms with Crippen LogP contribution in [0.1, 0.15) is 45.4 Å². The number of carboxylic acids is 1. The van der Waals surface area contributed by atoms with Gasteiger partial charge in [0.15, 0.2) is 0 Å². The highest BCUT2D eigenvalue weighted by molar-refractivity contribution is 5.86. The molecule has 1 saturated carbocycles. The third-order valence-electron chi connectivity index (χ3n) is 2.56. The first kappa shape index (κ1) is 9.30. The molecule has 1 aliphatic carbocycles. The summed E-state index contributed by atoms with van der Waals surface area (Å²) < 4.78 is 0. The average molecular weight is 168 g/mol. The molecule has 12 heavy (non-hydrogen) atoms. The summed E-state index contributed by atoms with van der Waals surface area (Å²) in [6.45, 7) is 1.73. The van der Waals surface area contributed by atoms with Gasteiger partial charge in [0.2, 0.25) is 0 Å². The van der Waals surface area contributed by atoms with Gasteiger partial charge in [0.05, 0.1) is 0 Å². The van der Waals surface area contributed by atoms with Crippen molar-refractivity contribution >= 4 is 5.97 Å². The molecule has 1 aliphatic rings. The molecule has 2 heteroatoms. The first-order chi connectivity index (χ1) is 5.72. The third-order valence-corrected chi connectivity index (χ3v) is 2.56. The van der Waals surface area contributed by atoms with Crippen molar-refractivity contribution in [2.45, 2.75) is 45.4 Å². The van der Waals surface area contributed by atoms with Crippen LogP contribution in [0.5, 0.6) is 0 Å². The van der Waals surface area contributed by atoms with E-state index < -0.39 is 5.97 Å². The molecule has 1 rings (SSSR count). The van der Waals surface area contributed by atoms with Gasteiger partial charge >= 0.3 is 5.97 Å². The van der Waals surface area contributed by atoms with Crippen molar-refractivity contribution in [1.82, 2.24) is 0 Å². The van der Waals surface area contributed by atoms with Crippen molar-refractivity contribution in [3.05, 3.63) is 11.1 Å². The second kappa shape index (κ2) is 4.29. The van der Waals surface area contributed by atoms with E-state index in [1.165, 1.54) is 31.3 Å². The maximum Gasteiger partial charge on any atom is 0.331 e. The number of rotatable bonds is 1. The van der Waals surface area contributed by atoms with E-state index in [1.54, 1.807) is 6.92 Å². The van der Waals surface area contributed by atoms with E-state index in [9.17, 15) is 4.79 Å². The van der Waals surface area contributed by atoms with E-state index in [0.29, 0.717) is 5.57 Å². The monoisotopic (exact) mass is 168 g/mol. The van der Waals surface area contributed by atoms with Crippen LogP contribution in [-0.2, 0) is 4.79 Å². The number of aliphatic carboxylic acids is 1. The van der Waals surface area contributed by atoms with E-state index in [-0.39, 0.29) is 0 Å². The molecule has 2 nitrogen and oxygen atoms in total. The number of carboxylic acid groups (broad SMARTS) is 1. The lowest BCUT2D eigenvalue weighted by molar-refractivity contribution is -0.132. The minimum absolute atomic E-state index is 0.580. The summed E-state index contributed by atoms with van der Waals surface area (Å²) in [6.07, 6.45) is 6.85. The summed E-state index contributed by atoms with van der Waals surface area (Å²) in [4.78, 5) is 10.7. The van der Waals surface area contributed by atoms with Gasteiger partial charge in [0, 0.05) is 5.57 Å². The van der Waals surface area contributed by atoms with Crippen LogP contribution in [0.3, 0.4) is 0 Å². The molecule has 1 N–H and O–H groups in total. The second-order valence-corrected chi connectivity index (χ2v) is 3.45. The normalized spacial score (nSPS) is 18.6. The molecule has 0 aliphatic heterocycles. The van der Waals surface area contributed by atoms with Crippen LogP contribution >= 0.6 is 0 Å². The maximum absolute atomic E-state index is 10.7. The molecule has 0 atom stereocenters. The first-order valence-corrected chi connectivity index (χ1v) is 4.63. The quantitative estimate of drug-likeness (QED) is 0.483. The lowest BCUT2D eigenvalue weighted by Gasteiger charge is -2.04.